The van der Waals surface area contributed by atoms with E-state index in [1.54, 1.807) is 4.90 Å². The van der Waals surface area contributed by atoms with Crippen molar-refractivity contribution in [2.24, 2.45) is 5.92 Å². The minimum atomic E-state index is -0.285. The third kappa shape index (κ3) is 3.10. The van der Waals surface area contributed by atoms with Gasteiger partial charge in [0.15, 0.2) is 0 Å². The molecular formula is C15H26N2O2. The van der Waals surface area contributed by atoms with Crippen molar-refractivity contribution in [3.8, 4) is 0 Å². The van der Waals surface area contributed by atoms with Gasteiger partial charge in [-0.15, -0.1) is 0 Å². The van der Waals surface area contributed by atoms with Gasteiger partial charge in [-0.05, 0) is 51.9 Å². The fraction of sp³-hybridized carbons (Fsp3) is 0.867. The first-order valence-corrected chi connectivity index (χ1v) is 7.62. The lowest BCUT2D eigenvalue weighted by molar-refractivity contribution is -0.156. The summed E-state index contributed by atoms with van der Waals surface area (Å²) in [5, 5.41) is 0. The molecule has 2 aliphatic rings. The Morgan fingerprint density at radius 2 is 1.37 bits per heavy atom. The van der Waals surface area contributed by atoms with Crippen molar-refractivity contribution in [3.63, 3.8) is 0 Å². The maximum atomic E-state index is 12.4. The van der Waals surface area contributed by atoms with Crippen LogP contribution in [0, 0.1) is 5.92 Å². The van der Waals surface area contributed by atoms with E-state index in [0.29, 0.717) is 5.92 Å². The van der Waals surface area contributed by atoms with Crippen LogP contribution < -0.4 is 0 Å². The predicted octanol–water partition coefficient (Wildman–Crippen LogP) is 2.03. The molecule has 2 heterocycles. The molecule has 0 N–H and O–H groups in total. The first kappa shape index (κ1) is 14.4. The van der Waals surface area contributed by atoms with Crippen molar-refractivity contribution in [2.45, 2.75) is 65.0 Å². The van der Waals surface area contributed by atoms with Gasteiger partial charge in [-0.25, -0.2) is 0 Å². The number of carbonyl (C=O) groups is 2. The van der Waals surface area contributed by atoms with Gasteiger partial charge in [0.05, 0.1) is 0 Å². The average Bonchev–Trinajstić information content (AvgIpc) is 2.38. The number of carbonyl (C=O) groups excluding carboxylic acids is 2. The van der Waals surface area contributed by atoms with Crippen molar-refractivity contribution in [1.29, 1.82) is 0 Å². The van der Waals surface area contributed by atoms with Crippen LogP contribution in [-0.2, 0) is 9.59 Å². The van der Waals surface area contributed by atoms with E-state index < -0.39 is 0 Å². The largest absolute Gasteiger partial charge is 0.334 e. The molecule has 4 nitrogen and oxygen atoms in total. The fourth-order valence-electron chi connectivity index (χ4n) is 3.28. The zero-order valence-corrected chi connectivity index (χ0v) is 12.4. The molecule has 0 spiro atoms. The maximum absolute atomic E-state index is 12.4. The van der Waals surface area contributed by atoms with Crippen LogP contribution in [0.25, 0.3) is 0 Å². The Morgan fingerprint density at radius 1 is 0.842 bits per heavy atom. The summed E-state index contributed by atoms with van der Waals surface area (Å²) in [6.45, 7) is 7.79. The quantitative estimate of drug-likeness (QED) is 0.629. The van der Waals surface area contributed by atoms with Crippen LogP contribution in [-0.4, -0.2) is 46.8 Å². The molecule has 2 saturated heterocycles. The van der Waals surface area contributed by atoms with Crippen LogP contribution in [0.5, 0.6) is 0 Å². The van der Waals surface area contributed by atoms with Gasteiger partial charge < -0.3 is 9.80 Å². The highest BCUT2D eigenvalue weighted by molar-refractivity contribution is 6.35. The van der Waals surface area contributed by atoms with E-state index >= 15 is 0 Å². The van der Waals surface area contributed by atoms with Crippen LogP contribution in [0.3, 0.4) is 0 Å². The second-order valence-corrected chi connectivity index (χ2v) is 6.32. The summed E-state index contributed by atoms with van der Waals surface area (Å²) in [6, 6.07) is 0.396. The van der Waals surface area contributed by atoms with Crippen molar-refractivity contribution in [1.82, 2.24) is 9.80 Å². The highest BCUT2D eigenvalue weighted by Gasteiger charge is 2.35. The molecule has 2 rings (SSSR count). The van der Waals surface area contributed by atoms with Crippen LogP contribution in [0.1, 0.15) is 52.9 Å². The summed E-state index contributed by atoms with van der Waals surface area (Å²) in [5.41, 5.74) is 0. The van der Waals surface area contributed by atoms with Crippen LogP contribution >= 0.6 is 0 Å². The Labute approximate surface area is 116 Å². The molecule has 2 amide bonds. The molecule has 19 heavy (non-hydrogen) atoms. The smallest absolute Gasteiger partial charge is 0.312 e. The lowest BCUT2D eigenvalue weighted by atomic mass is 9.96. The lowest BCUT2D eigenvalue weighted by Gasteiger charge is -2.40. The highest BCUT2D eigenvalue weighted by atomic mass is 16.2. The second-order valence-electron chi connectivity index (χ2n) is 6.32. The molecule has 0 aromatic carbocycles. The monoisotopic (exact) mass is 266 g/mol. The van der Waals surface area contributed by atoms with E-state index in [0.717, 1.165) is 45.2 Å². The van der Waals surface area contributed by atoms with Crippen molar-refractivity contribution < 1.29 is 9.59 Å². The van der Waals surface area contributed by atoms with Gasteiger partial charge in [-0.1, -0.05) is 6.92 Å². The van der Waals surface area contributed by atoms with Gasteiger partial charge in [-0.2, -0.15) is 0 Å². The number of rotatable bonds is 0. The molecule has 108 valence electrons. The topological polar surface area (TPSA) is 40.6 Å². The van der Waals surface area contributed by atoms with E-state index in [4.69, 9.17) is 0 Å². The van der Waals surface area contributed by atoms with Gasteiger partial charge in [0, 0.05) is 25.2 Å². The molecule has 0 saturated carbocycles. The SMILES string of the molecule is CC1CCN(C(=O)C(=O)N2C(C)CCCC2C)CC1. The summed E-state index contributed by atoms with van der Waals surface area (Å²) in [6.07, 6.45) is 5.22. The van der Waals surface area contributed by atoms with Gasteiger partial charge in [0.25, 0.3) is 0 Å². The highest BCUT2D eigenvalue weighted by Crippen LogP contribution is 2.24. The molecule has 2 atom stereocenters. The van der Waals surface area contributed by atoms with E-state index in [1.807, 2.05) is 4.90 Å². The Hall–Kier alpha value is -1.06. The third-order valence-electron chi connectivity index (χ3n) is 4.68. The Balaban J connectivity index is 2.00. The van der Waals surface area contributed by atoms with Crippen molar-refractivity contribution >= 4 is 11.8 Å². The van der Waals surface area contributed by atoms with Gasteiger partial charge in [0.1, 0.15) is 0 Å². The van der Waals surface area contributed by atoms with E-state index in [2.05, 4.69) is 20.8 Å². The summed E-state index contributed by atoms with van der Waals surface area (Å²) >= 11 is 0. The number of piperidine rings is 2. The number of hydrogen-bond donors (Lipinski definition) is 0. The minimum Gasteiger partial charge on any atom is -0.334 e. The molecule has 0 bridgehead atoms. The average molecular weight is 266 g/mol. The zero-order valence-electron chi connectivity index (χ0n) is 12.4. The predicted molar refractivity (Wildman–Crippen MR) is 74.6 cm³/mol. The summed E-state index contributed by atoms with van der Waals surface area (Å²) in [5.74, 6) is 0.105. The Bertz CT molecular complexity index is 338. The van der Waals surface area contributed by atoms with Crippen molar-refractivity contribution in [2.75, 3.05) is 13.1 Å². The summed E-state index contributed by atoms with van der Waals surface area (Å²) in [7, 11) is 0. The zero-order chi connectivity index (χ0) is 14.0. The minimum absolute atomic E-state index is 0.198. The number of amides is 2. The normalized spacial score (nSPS) is 29.4. The van der Waals surface area contributed by atoms with E-state index in [9.17, 15) is 9.59 Å². The van der Waals surface area contributed by atoms with Gasteiger partial charge in [0.2, 0.25) is 0 Å². The van der Waals surface area contributed by atoms with Gasteiger partial charge in [-0.3, -0.25) is 9.59 Å². The second kappa shape index (κ2) is 5.93. The first-order valence-electron chi connectivity index (χ1n) is 7.62. The van der Waals surface area contributed by atoms with E-state index in [-0.39, 0.29) is 23.9 Å². The number of hydrogen-bond acceptors (Lipinski definition) is 2. The molecule has 4 heteroatoms. The maximum Gasteiger partial charge on any atom is 0.312 e. The Morgan fingerprint density at radius 3 is 1.89 bits per heavy atom. The summed E-state index contributed by atoms with van der Waals surface area (Å²) < 4.78 is 0. The molecular weight excluding hydrogens is 240 g/mol. The Kier molecular flexibility index (Phi) is 4.48. The standard InChI is InChI=1S/C15H26N2O2/c1-11-7-9-16(10-8-11)14(18)15(19)17-12(2)5-4-6-13(17)3/h11-13H,4-10H2,1-3H3. The van der Waals surface area contributed by atoms with E-state index in [1.165, 1.54) is 0 Å². The molecule has 2 fully saturated rings. The number of nitrogens with zero attached hydrogens (tertiary/aromatic N) is 2. The first-order chi connectivity index (χ1) is 9.00. The molecule has 2 unspecified atom stereocenters. The van der Waals surface area contributed by atoms with Crippen molar-refractivity contribution in [3.05, 3.63) is 0 Å². The molecule has 2 aliphatic heterocycles. The molecule has 0 aliphatic carbocycles. The third-order valence-corrected chi connectivity index (χ3v) is 4.68. The molecule has 0 aromatic heterocycles. The van der Waals surface area contributed by atoms with Crippen LogP contribution in [0.4, 0.5) is 0 Å². The molecule has 0 aromatic rings. The van der Waals surface area contributed by atoms with Gasteiger partial charge >= 0.3 is 11.8 Å². The fourth-order valence-corrected chi connectivity index (χ4v) is 3.28. The van der Waals surface area contributed by atoms with Crippen LogP contribution in [0.2, 0.25) is 0 Å². The summed E-state index contributed by atoms with van der Waals surface area (Å²) in [4.78, 5) is 28.3. The molecule has 0 radical (unpaired) electrons. The number of likely N-dealkylation sites (tertiary alicyclic amines) is 2. The van der Waals surface area contributed by atoms with Crippen LogP contribution in [0.15, 0.2) is 0 Å². The lowest BCUT2D eigenvalue weighted by Crippen LogP contribution is -2.54.